The molecule has 1 aromatic heterocycles. The van der Waals surface area contributed by atoms with Gasteiger partial charge in [0.2, 0.25) is 5.75 Å². The van der Waals surface area contributed by atoms with Crippen molar-refractivity contribution in [3.05, 3.63) is 27.6 Å². The first-order valence-corrected chi connectivity index (χ1v) is 6.69. The summed E-state index contributed by atoms with van der Waals surface area (Å²) in [4.78, 5) is 25.9. The van der Waals surface area contributed by atoms with E-state index in [0.717, 1.165) is 12.8 Å². The summed E-state index contributed by atoms with van der Waals surface area (Å²) in [6, 6.07) is 0. The van der Waals surface area contributed by atoms with Crippen LogP contribution in [0.15, 0.2) is 6.20 Å². The highest BCUT2D eigenvalue weighted by molar-refractivity contribution is 5.70. The molecule has 0 N–H and O–H groups in total. The third-order valence-electron chi connectivity index (χ3n) is 3.92. The summed E-state index contributed by atoms with van der Waals surface area (Å²) in [7, 11) is 1.35. The number of methoxy groups -OCH3 is 1. The Bertz CT molecular complexity index is 581. The number of ether oxygens (including phenoxy) is 2. The van der Waals surface area contributed by atoms with E-state index in [-0.39, 0.29) is 35.8 Å². The molecule has 0 atom stereocenters. The van der Waals surface area contributed by atoms with Crippen molar-refractivity contribution in [1.82, 2.24) is 4.98 Å². The minimum Gasteiger partial charge on any atom is -0.486 e. The summed E-state index contributed by atoms with van der Waals surface area (Å²) in [5.74, 6) is -0.0446. The second-order valence-electron chi connectivity index (χ2n) is 5.48. The van der Waals surface area contributed by atoms with Gasteiger partial charge in [0.25, 0.3) is 0 Å². The quantitative estimate of drug-likeness (QED) is 0.454. The van der Waals surface area contributed by atoms with Gasteiger partial charge < -0.3 is 9.47 Å². The number of aromatic nitrogens is 1. The van der Waals surface area contributed by atoms with Gasteiger partial charge in [0.05, 0.1) is 25.1 Å². The maximum atomic E-state index is 11.4. The molecule has 7 heteroatoms. The Kier molecular flexibility index (Phi) is 4.11. The Hall–Kier alpha value is -2.18. The van der Waals surface area contributed by atoms with Gasteiger partial charge in [-0.25, -0.2) is 0 Å². The van der Waals surface area contributed by atoms with Crippen molar-refractivity contribution >= 4 is 11.7 Å². The zero-order valence-electron chi connectivity index (χ0n) is 12.3. The molecule has 0 aliphatic heterocycles. The summed E-state index contributed by atoms with van der Waals surface area (Å²) in [5.41, 5.74) is 0.948. The molecule has 2 rings (SSSR count). The van der Waals surface area contributed by atoms with Crippen molar-refractivity contribution < 1.29 is 19.2 Å². The molecule has 0 spiro atoms. The second kappa shape index (κ2) is 5.67. The van der Waals surface area contributed by atoms with E-state index < -0.39 is 4.92 Å². The molecule has 0 saturated heterocycles. The standard InChI is InChI=1S/C14H18N2O5/c1-9-10(2)15-7-11(16(18)19)13(9)21-8-14(4-5-14)6-12(17)20-3/h7H,4-6,8H2,1-3H3. The molecular weight excluding hydrogens is 276 g/mol. The Morgan fingerprint density at radius 2 is 2.14 bits per heavy atom. The molecule has 0 radical (unpaired) electrons. The minimum atomic E-state index is -0.505. The van der Waals surface area contributed by atoms with E-state index in [9.17, 15) is 14.9 Å². The lowest BCUT2D eigenvalue weighted by molar-refractivity contribution is -0.386. The van der Waals surface area contributed by atoms with Gasteiger partial charge in [-0.15, -0.1) is 0 Å². The van der Waals surface area contributed by atoms with Gasteiger partial charge in [0.1, 0.15) is 6.20 Å². The van der Waals surface area contributed by atoms with E-state index in [4.69, 9.17) is 4.74 Å². The van der Waals surface area contributed by atoms with Crippen molar-refractivity contribution in [3.8, 4) is 5.75 Å². The number of pyridine rings is 1. The van der Waals surface area contributed by atoms with Crippen LogP contribution in [-0.4, -0.2) is 29.6 Å². The molecule has 21 heavy (non-hydrogen) atoms. The number of hydrogen-bond acceptors (Lipinski definition) is 6. The molecule has 1 heterocycles. The summed E-state index contributed by atoms with van der Waals surface area (Å²) in [6.45, 7) is 3.78. The van der Waals surface area contributed by atoms with Crippen molar-refractivity contribution in [2.45, 2.75) is 33.1 Å². The number of esters is 1. The summed E-state index contributed by atoms with van der Waals surface area (Å²) >= 11 is 0. The van der Waals surface area contributed by atoms with Gasteiger partial charge in [-0.1, -0.05) is 0 Å². The van der Waals surface area contributed by atoms with Crippen LogP contribution in [0.25, 0.3) is 0 Å². The normalized spacial score (nSPS) is 15.4. The Morgan fingerprint density at radius 3 is 2.67 bits per heavy atom. The summed E-state index contributed by atoms with van der Waals surface area (Å²) in [5, 5.41) is 11.1. The van der Waals surface area contributed by atoms with E-state index in [1.165, 1.54) is 13.3 Å². The van der Waals surface area contributed by atoms with Gasteiger partial charge in [0.15, 0.2) is 0 Å². The van der Waals surface area contributed by atoms with Crippen LogP contribution < -0.4 is 4.74 Å². The highest BCUT2D eigenvalue weighted by Crippen LogP contribution is 2.49. The molecule has 7 nitrogen and oxygen atoms in total. The average Bonchev–Trinajstić information content (AvgIpc) is 3.19. The lowest BCUT2D eigenvalue weighted by Gasteiger charge is -2.16. The molecule has 0 aromatic carbocycles. The van der Waals surface area contributed by atoms with Crippen LogP contribution in [0.1, 0.15) is 30.5 Å². The van der Waals surface area contributed by atoms with Crippen LogP contribution in [0.5, 0.6) is 5.75 Å². The van der Waals surface area contributed by atoms with Gasteiger partial charge in [-0.3, -0.25) is 19.9 Å². The third kappa shape index (κ3) is 3.29. The SMILES string of the molecule is COC(=O)CC1(COc2c([N+](=O)[O-])cnc(C)c2C)CC1. The van der Waals surface area contributed by atoms with E-state index in [0.29, 0.717) is 11.3 Å². The van der Waals surface area contributed by atoms with Crippen molar-refractivity contribution in [2.24, 2.45) is 5.41 Å². The molecule has 1 aliphatic rings. The molecule has 0 bridgehead atoms. The van der Waals surface area contributed by atoms with Crippen LogP contribution in [0, 0.1) is 29.4 Å². The first-order valence-electron chi connectivity index (χ1n) is 6.69. The molecule has 1 aromatic rings. The van der Waals surface area contributed by atoms with Gasteiger partial charge >= 0.3 is 11.7 Å². The van der Waals surface area contributed by atoms with Gasteiger partial charge in [-0.05, 0) is 26.7 Å². The smallest absolute Gasteiger partial charge is 0.329 e. The number of carbonyl (C=O) groups excluding carboxylic acids is 1. The van der Waals surface area contributed by atoms with Crippen LogP contribution in [-0.2, 0) is 9.53 Å². The lowest BCUT2D eigenvalue weighted by Crippen LogP contribution is -2.19. The lowest BCUT2D eigenvalue weighted by atomic mass is 10.0. The van der Waals surface area contributed by atoms with Crippen LogP contribution in [0.4, 0.5) is 5.69 Å². The maximum Gasteiger partial charge on any atom is 0.329 e. The third-order valence-corrected chi connectivity index (χ3v) is 3.92. The topological polar surface area (TPSA) is 91.6 Å². The van der Waals surface area contributed by atoms with Crippen LogP contribution in [0.2, 0.25) is 0 Å². The summed E-state index contributed by atoms with van der Waals surface area (Å²) < 4.78 is 10.4. The highest BCUT2D eigenvalue weighted by atomic mass is 16.6. The molecule has 1 saturated carbocycles. The summed E-state index contributed by atoms with van der Waals surface area (Å²) in [6.07, 6.45) is 3.20. The Labute approximate surface area is 122 Å². The molecule has 0 unspecified atom stereocenters. The van der Waals surface area contributed by atoms with Crippen LogP contribution in [0.3, 0.4) is 0 Å². The first kappa shape index (κ1) is 15.2. The maximum absolute atomic E-state index is 11.4. The Balaban J connectivity index is 2.15. The number of rotatable bonds is 6. The van der Waals surface area contributed by atoms with Crippen LogP contribution >= 0.6 is 0 Å². The fraction of sp³-hybridized carbons (Fsp3) is 0.571. The average molecular weight is 294 g/mol. The predicted octanol–water partition coefficient (Wildman–Crippen LogP) is 2.33. The number of aryl methyl sites for hydroxylation is 1. The zero-order chi connectivity index (χ0) is 15.6. The van der Waals surface area contributed by atoms with Crippen molar-refractivity contribution in [2.75, 3.05) is 13.7 Å². The number of nitro groups is 1. The fourth-order valence-electron chi connectivity index (χ4n) is 2.13. The monoisotopic (exact) mass is 294 g/mol. The first-order chi connectivity index (χ1) is 9.88. The molecule has 0 amide bonds. The van der Waals surface area contributed by atoms with E-state index in [2.05, 4.69) is 9.72 Å². The van der Waals surface area contributed by atoms with Gasteiger partial charge in [0, 0.05) is 16.7 Å². The molecular formula is C14H18N2O5. The van der Waals surface area contributed by atoms with E-state index in [1.807, 2.05) is 0 Å². The number of hydrogen-bond donors (Lipinski definition) is 0. The number of nitrogens with zero attached hydrogens (tertiary/aromatic N) is 2. The van der Waals surface area contributed by atoms with E-state index >= 15 is 0 Å². The highest BCUT2D eigenvalue weighted by Gasteiger charge is 2.46. The largest absolute Gasteiger partial charge is 0.486 e. The van der Waals surface area contributed by atoms with Gasteiger partial charge in [-0.2, -0.15) is 0 Å². The Morgan fingerprint density at radius 1 is 1.48 bits per heavy atom. The number of carbonyl (C=O) groups is 1. The van der Waals surface area contributed by atoms with Crippen molar-refractivity contribution in [1.29, 1.82) is 0 Å². The zero-order valence-corrected chi connectivity index (χ0v) is 12.3. The second-order valence-corrected chi connectivity index (χ2v) is 5.48. The fourth-order valence-corrected chi connectivity index (χ4v) is 2.13. The van der Waals surface area contributed by atoms with Crippen molar-refractivity contribution in [3.63, 3.8) is 0 Å². The minimum absolute atomic E-state index is 0.146. The predicted molar refractivity (Wildman–Crippen MR) is 74.2 cm³/mol. The molecule has 114 valence electrons. The molecule has 1 aliphatic carbocycles. The molecule has 1 fully saturated rings. The van der Waals surface area contributed by atoms with E-state index in [1.54, 1.807) is 13.8 Å².